The number of fused-ring (bicyclic) bond motifs is 1. The van der Waals surface area contributed by atoms with E-state index in [-0.39, 0.29) is 5.75 Å². The Hall–Kier alpha value is -1.14. The van der Waals surface area contributed by atoms with Crippen LogP contribution in [0.3, 0.4) is 0 Å². The van der Waals surface area contributed by atoms with E-state index >= 15 is 0 Å². The molecule has 0 aliphatic heterocycles. The number of nitrogens with zero attached hydrogens (tertiary/aromatic N) is 2. The number of carboxylic acids is 1. The molecule has 2 rings (SSSR count). The largest absolute Gasteiger partial charge is 0.481 e. The zero-order valence-electron chi connectivity index (χ0n) is 9.56. The van der Waals surface area contributed by atoms with Crippen LogP contribution in [0, 0.1) is 6.92 Å². The summed E-state index contributed by atoms with van der Waals surface area (Å²) in [6.07, 6.45) is 0.961. The molecule has 0 saturated carbocycles. The van der Waals surface area contributed by atoms with E-state index in [1.807, 2.05) is 6.92 Å². The van der Waals surface area contributed by atoms with Crippen LogP contribution in [0.25, 0.3) is 10.2 Å². The highest BCUT2D eigenvalue weighted by Crippen LogP contribution is 2.31. The van der Waals surface area contributed by atoms with Crippen LogP contribution in [0.4, 0.5) is 0 Å². The average Bonchev–Trinajstić information content (AvgIpc) is 2.68. The number of hydrogen-bond donors (Lipinski definition) is 1. The molecule has 0 atom stereocenters. The van der Waals surface area contributed by atoms with Crippen molar-refractivity contribution in [3.63, 3.8) is 0 Å². The highest BCUT2D eigenvalue weighted by Gasteiger charge is 2.11. The second-order valence-corrected chi connectivity index (χ2v) is 5.62. The zero-order chi connectivity index (χ0) is 12.4. The van der Waals surface area contributed by atoms with Gasteiger partial charge in [0.05, 0.1) is 5.75 Å². The van der Waals surface area contributed by atoms with Gasteiger partial charge in [0.2, 0.25) is 0 Å². The van der Waals surface area contributed by atoms with Crippen LogP contribution in [0.15, 0.2) is 11.1 Å². The fourth-order valence-corrected chi connectivity index (χ4v) is 3.31. The van der Waals surface area contributed by atoms with Crippen LogP contribution in [0.5, 0.6) is 0 Å². The Morgan fingerprint density at radius 3 is 2.94 bits per heavy atom. The molecule has 0 radical (unpaired) electrons. The monoisotopic (exact) mass is 268 g/mol. The molecule has 0 unspecified atom stereocenters. The first kappa shape index (κ1) is 12.3. The molecule has 2 aromatic rings. The van der Waals surface area contributed by atoms with Crippen molar-refractivity contribution in [2.45, 2.75) is 25.3 Å². The van der Waals surface area contributed by atoms with Gasteiger partial charge in [-0.05, 0) is 19.4 Å². The summed E-state index contributed by atoms with van der Waals surface area (Å²) in [7, 11) is 0. The molecule has 90 valence electrons. The maximum absolute atomic E-state index is 10.6. The molecule has 0 amide bonds. The second-order valence-electron chi connectivity index (χ2n) is 3.54. The van der Waals surface area contributed by atoms with Gasteiger partial charge in [0.1, 0.15) is 15.7 Å². The van der Waals surface area contributed by atoms with Gasteiger partial charge in [0, 0.05) is 10.3 Å². The average molecular weight is 268 g/mol. The summed E-state index contributed by atoms with van der Waals surface area (Å²) >= 11 is 2.90. The summed E-state index contributed by atoms with van der Waals surface area (Å²) in [5, 5.41) is 10.5. The molecule has 0 bridgehead atoms. The number of rotatable bonds is 4. The molecular weight excluding hydrogens is 256 g/mol. The fraction of sp³-hybridized carbons (Fsp3) is 0.364. The lowest BCUT2D eigenvalue weighted by molar-refractivity contribution is -0.133. The number of aromatic nitrogens is 2. The number of thioether (sulfide) groups is 1. The Morgan fingerprint density at radius 1 is 1.53 bits per heavy atom. The van der Waals surface area contributed by atoms with Crippen LogP contribution in [-0.2, 0) is 11.2 Å². The van der Waals surface area contributed by atoms with E-state index in [1.165, 1.54) is 16.6 Å². The van der Waals surface area contributed by atoms with E-state index in [1.54, 1.807) is 11.3 Å². The smallest absolute Gasteiger partial charge is 0.313 e. The first-order chi connectivity index (χ1) is 8.10. The SMILES string of the molecule is CCc1cc2c(SCC(=O)O)nc(C)nc2s1. The zero-order valence-corrected chi connectivity index (χ0v) is 11.2. The molecule has 0 fully saturated rings. The number of thiophene rings is 1. The van der Waals surface area contributed by atoms with Crippen molar-refractivity contribution in [2.24, 2.45) is 0 Å². The van der Waals surface area contributed by atoms with Gasteiger partial charge >= 0.3 is 5.97 Å². The molecule has 0 aromatic carbocycles. The first-order valence-electron chi connectivity index (χ1n) is 5.21. The maximum atomic E-state index is 10.6. The summed E-state index contributed by atoms with van der Waals surface area (Å²) in [6.45, 7) is 3.92. The lowest BCUT2D eigenvalue weighted by Gasteiger charge is -2.01. The highest BCUT2D eigenvalue weighted by atomic mass is 32.2. The van der Waals surface area contributed by atoms with Crippen LogP contribution in [0.2, 0.25) is 0 Å². The van der Waals surface area contributed by atoms with Gasteiger partial charge in [-0.2, -0.15) is 0 Å². The lowest BCUT2D eigenvalue weighted by Crippen LogP contribution is -1.99. The molecule has 2 aromatic heterocycles. The third-order valence-corrected chi connectivity index (χ3v) is 4.35. The quantitative estimate of drug-likeness (QED) is 0.682. The summed E-state index contributed by atoms with van der Waals surface area (Å²) < 4.78 is 0. The predicted molar refractivity (Wildman–Crippen MR) is 69.9 cm³/mol. The number of carbonyl (C=O) groups is 1. The third-order valence-electron chi connectivity index (χ3n) is 2.20. The Bertz CT molecular complexity index is 566. The van der Waals surface area contributed by atoms with E-state index in [0.29, 0.717) is 5.82 Å². The molecule has 0 spiro atoms. The molecule has 4 nitrogen and oxygen atoms in total. The van der Waals surface area contributed by atoms with Gasteiger partial charge in [0.15, 0.2) is 0 Å². The maximum Gasteiger partial charge on any atom is 0.313 e. The van der Waals surface area contributed by atoms with Crippen LogP contribution in [0.1, 0.15) is 17.6 Å². The number of carboxylic acid groups (broad SMARTS) is 1. The first-order valence-corrected chi connectivity index (χ1v) is 7.02. The predicted octanol–water partition coefficient (Wildman–Crippen LogP) is 2.74. The second kappa shape index (κ2) is 5.01. The normalized spacial score (nSPS) is 10.9. The van der Waals surface area contributed by atoms with Crippen LogP contribution in [-0.4, -0.2) is 26.8 Å². The van der Waals surface area contributed by atoms with E-state index in [4.69, 9.17) is 5.11 Å². The fourth-order valence-electron chi connectivity index (χ4n) is 1.46. The summed E-state index contributed by atoms with van der Waals surface area (Å²) in [5.41, 5.74) is 0. The molecule has 1 N–H and O–H groups in total. The van der Waals surface area contributed by atoms with Crippen molar-refractivity contribution >= 4 is 39.3 Å². The highest BCUT2D eigenvalue weighted by molar-refractivity contribution is 8.00. The standard InChI is InChI=1S/C11H12N2O2S2/c1-3-7-4-8-10(16-5-9(14)15)12-6(2)13-11(8)17-7/h4H,3,5H2,1-2H3,(H,14,15). The minimum atomic E-state index is -0.828. The van der Waals surface area contributed by atoms with Crippen molar-refractivity contribution in [1.29, 1.82) is 0 Å². The molecule has 2 heterocycles. The van der Waals surface area contributed by atoms with Crippen LogP contribution < -0.4 is 0 Å². The third kappa shape index (κ3) is 2.76. The van der Waals surface area contributed by atoms with Gasteiger partial charge in [-0.25, -0.2) is 9.97 Å². The molecule has 17 heavy (non-hydrogen) atoms. The van der Waals surface area contributed by atoms with Gasteiger partial charge in [-0.15, -0.1) is 11.3 Å². The number of hydrogen-bond acceptors (Lipinski definition) is 5. The summed E-state index contributed by atoms with van der Waals surface area (Å²) in [4.78, 5) is 21.5. The Labute approximate surface area is 107 Å². The molecule has 0 saturated heterocycles. The molecule has 0 aliphatic rings. The minimum Gasteiger partial charge on any atom is -0.481 e. The van der Waals surface area contributed by atoms with Gasteiger partial charge in [0.25, 0.3) is 0 Å². The van der Waals surface area contributed by atoms with Crippen molar-refractivity contribution < 1.29 is 9.90 Å². The van der Waals surface area contributed by atoms with Crippen molar-refractivity contribution in [3.05, 3.63) is 16.8 Å². The van der Waals surface area contributed by atoms with Crippen molar-refractivity contribution in [3.8, 4) is 0 Å². The van der Waals surface area contributed by atoms with Crippen LogP contribution >= 0.6 is 23.1 Å². The van der Waals surface area contributed by atoms with E-state index in [2.05, 4.69) is 23.0 Å². The molecule has 0 aliphatic carbocycles. The van der Waals surface area contributed by atoms with Gasteiger partial charge in [-0.1, -0.05) is 18.7 Å². The van der Waals surface area contributed by atoms with E-state index in [0.717, 1.165) is 21.7 Å². The van der Waals surface area contributed by atoms with E-state index in [9.17, 15) is 4.79 Å². The molecule has 6 heteroatoms. The lowest BCUT2D eigenvalue weighted by atomic mass is 10.3. The Balaban J connectivity index is 2.44. The minimum absolute atomic E-state index is 0.0306. The van der Waals surface area contributed by atoms with Crippen molar-refractivity contribution in [1.82, 2.24) is 9.97 Å². The van der Waals surface area contributed by atoms with E-state index < -0.39 is 5.97 Å². The van der Waals surface area contributed by atoms with Crippen molar-refractivity contribution in [2.75, 3.05) is 5.75 Å². The summed E-state index contributed by atoms with van der Waals surface area (Å²) in [5.74, 6) is -0.108. The number of aryl methyl sites for hydroxylation is 2. The van der Waals surface area contributed by atoms with Gasteiger partial charge in [-0.3, -0.25) is 4.79 Å². The van der Waals surface area contributed by atoms with Gasteiger partial charge < -0.3 is 5.11 Å². The number of aliphatic carboxylic acids is 1. The Morgan fingerprint density at radius 2 is 2.29 bits per heavy atom. The summed E-state index contributed by atoms with van der Waals surface area (Å²) in [6, 6.07) is 2.06. The topological polar surface area (TPSA) is 63.1 Å². The Kier molecular flexibility index (Phi) is 3.63. The molecular formula is C11H12N2O2S2.